The molecule has 1 fully saturated rings. The topological polar surface area (TPSA) is 76.0 Å². The van der Waals surface area contributed by atoms with Gasteiger partial charge in [-0.15, -0.1) is 0 Å². The molecule has 0 spiro atoms. The number of aromatic amines is 1. The van der Waals surface area contributed by atoms with E-state index in [0.717, 1.165) is 33.0 Å². The predicted octanol–water partition coefficient (Wildman–Crippen LogP) is 2.46. The number of nitrogens with zero attached hydrogens (tertiary/aromatic N) is 3. The second kappa shape index (κ2) is 5.41. The highest BCUT2D eigenvalue weighted by molar-refractivity contribution is 6.05. The minimum absolute atomic E-state index is 0.0215. The molecular weight excluding hydrogens is 316 g/mol. The number of aliphatic hydroxyl groups is 1. The van der Waals surface area contributed by atoms with Crippen LogP contribution in [0.2, 0.25) is 0 Å². The smallest absolute Gasteiger partial charge is 0.148 e. The molecule has 4 rings (SSSR count). The van der Waals surface area contributed by atoms with Crippen molar-refractivity contribution in [2.75, 3.05) is 6.61 Å². The number of H-pyrrole nitrogens is 1. The molecule has 2 N–H and O–H groups in total. The first-order valence-corrected chi connectivity index (χ1v) is 8.61. The highest BCUT2D eigenvalue weighted by atomic mass is 16.5. The average molecular weight is 340 g/mol. The summed E-state index contributed by atoms with van der Waals surface area (Å²) in [5.74, 6) is 0.229. The lowest BCUT2D eigenvalue weighted by Gasteiger charge is -2.30. The van der Waals surface area contributed by atoms with Crippen molar-refractivity contribution in [3.63, 3.8) is 0 Å². The normalized spacial score (nSPS) is 25.9. The Labute approximate surface area is 146 Å². The number of aliphatic hydroxyl groups excluding tert-OH is 1. The fourth-order valence-electron chi connectivity index (χ4n) is 3.97. The van der Waals surface area contributed by atoms with E-state index >= 15 is 0 Å². The molecule has 132 valence electrons. The van der Waals surface area contributed by atoms with Gasteiger partial charge in [-0.2, -0.15) is 0 Å². The van der Waals surface area contributed by atoms with Crippen LogP contribution in [0.3, 0.4) is 0 Å². The summed E-state index contributed by atoms with van der Waals surface area (Å²) in [4.78, 5) is 12.2. The fourth-order valence-corrected chi connectivity index (χ4v) is 3.97. The van der Waals surface area contributed by atoms with Crippen LogP contribution in [0.4, 0.5) is 0 Å². The summed E-state index contributed by atoms with van der Waals surface area (Å²) in [6.07, 6.45) is 3.28. The van der Waals surface area contributed by atoms with Crippen LogP contribution < -0.4 is 5.35 Å². The number of ether oxygens (including phenoxy) is 1. The molecule has 6 nitrogen and oxygen atoms in total. The van der Waals surface area contributed by atoms with Crippen LogP contribution in [0.15, 0.2) is 18.6 Å². The maximum Gasteiger partial charge on any atom is 0.148 e. The molecule has 1 aliphatic heterocycles. The van der Waals surface area contributed by atoms with E-state index in [9.17, 15) is 5.11 Å². The molecule has 0 saturated carbocycles. The molecule has 1 aliphatic rings. The van der Waals surface area contributed by atoms with E-state index in [4.69, 9.17) is 4.74 Å². The molecule has 0 aromatic carbocycles. The molecule has 0 aliphatic carbocycles. The SMILES string of the molecule is C=c1cc(C)c2cn(C3OC(CO)[C@H](C)C3(C)C)c3ncnc([nH]1)c23. The van der Waals surface area contributed by atoms with Gasteiger partial charge in [-0.3, -0.25) is 0 Å². The van der Waals surface area contributed by atoms with E-state index in [0.29, 0.717) is 0 Å². The van der Waals surface area contributed by atoms with Crippen molar-refractivity contribution >= 4 is 28.6 Å². The standard InChI is InChI=1S/C19H24N4O2/c1-10-6-11(2)22-16-15-13(10)7-23(17(15)21-9-20-16)18-19(4,5)12(3)14(8-24)25-18/h6-7,9,12,14,18,24H,2,8H2,1,3-5H3,(H,20,21,22)/t12-,14?,18?/m0/s1. The zero-order valence-corrected chi connectivity index (χ0v) is 15.1. The molecule has 3 aromatic rings. The number of hydrogen-bond acceptors (Lipinski definition) is 4. The van der Waals surface area contributed by atoms with Crippen LogP contribution >= 0.6 is 0 Å². The van der Waals surface area contributed by atoms with Crippen molar-refractivity contribution in [1.82, 2.24) is 19.5 Å². The van der Waals surface area contributed by atoms with Crippen LogP contribution in [0.1, 0.15) is 32.6 Å². The Kier molecular flexibility index (Phi) is 3.53. The van der Waals surface area contributed by atoms with Gasteiger partial charge in [-0.25, -0.2) is 9.97 Å². The summed E-state index contributed by atoms with van der Waals surface area (Å²) >= 11 is 0. The van der Waals surface area contributed by atoms with Gasteiger partial charge in [0, 0.05) is 22.3 Å². The monoisotopic (exact) mass is 340 g/mol. The van der Waals surface area contributed by atoms with Crippen LogP contribution in [0.5, 0.6) is 0 Å². The molecule has 2 unspecified atom stereocenters. The lowest BCUT2D eigenvalue weighted by atomic mass is 9.78. The van der Waals surface area contributed by atoms with Crippen molar-refractivity contribution in [3.8, 4) is 0 Å². The average Bonchev–Trinajstić information content (AvgIpc) is 3.00. The molecule has 0 amide bonds. The minimum Gasteiger partial charge on any atom is -0.394 e. The summed E-state index contributed by atoms with van der Waals surface area (Å²) in [6, 6.07) is 2.01. The third-order valence-electron chi connectivity index (χ3n) is 5.81. The minimum atomic E-state index is -0.200. The lowest BCUT2D eigenvalue weighted by molar-refractivity contribution is -0.0453. The Balaban J connectivity index is 2.02. The van der Waals surface area contributed by atoms with Gasteiger partial charge in [0.15, 0.2) is 0 Å². The van der Waals surface area contributed by atoms with Crippen molar-refractivity contribution in [3.05, 3.63) is 29.5 Å². The zero-order valence-electron chi connectivity index (χ0n) is 15.1. The van der Waals surface area contributed by atoms with Gasteiger partial charge >= 0.3 is 0 Å². The maximum atomic E-state index is 9.67. The summed E-state index contributed by atoms with van der Waals surface area (Å²) in [7, 11) is 0. The van der Waals surface area contributed by atoms with Crippen LogP contribution in [-0.2, 0) is 4.74 Å². The number of hydrogen-bond donors (Lipinski definition) is 2. The van der Waals surface area contributed by atoms with Crippen molar-refractivity contribution < 1.29 is 9.84 Å². The van der Waals surface area contributed by atoms with Crippen molar-refractivity contribution in [2.45, 2.75) is 40.0 Å². The van der Waals surface area contributed by atoms with Gasteiger partial charge in [-0.05, 0) is 24.5 Å². The van der Waals surface area contributed by atoms with E-state index < -0.39 is 0 Å². The molecule has 0 radical (unpaired) electrons. The van der Waals surface area contributed by atoms with E-state index in [1.807, 2.05) is 6.07 Å². The number of aryl methyl sites for hydroxylation is 1. The van der Waals surface area contributed by atoms with Gasteiger partial charge in [0.25, 0.3) is 0 Å². The third kappa shape index (κ3) is 2.24. The summed E-state index contributed by atoms with van der Waals surface area (Å²) in [6.45, 7) is 12.6. The van der Waals surface area contributed by atoms with Gasteiger partial charge in [-0.1, -0.05) is 27.4 Å². The van der Waals surface area contributed by atoms with Gasteiger partial charge in [0.1, 0.15) is 23.8 Å². The van der Waals surface area contributed by atoms with Crippen LogP contribution in [0, 0.1) is 18.3 Å². The Morgan fingerprint density at radius 1 is 1.40 bits per heavy atom. The Morgan fingerprint density at radius 2 is 2.16 bits per heavy atom. The van der Waals surface area contributed by atoms with Gasteiger partial charge in [0.2, 0.25) is 0 Å². The van der Waals surface area contributed by atoms with Crippen molar-refractivity contribution in [2.24, 2.45) is 11.3 Å². The summed E-state index contributed by atoms with van der Waals surface area (Å²) in [5.41, 5.74) is 2.57. The molecular formula is C19H24N4O2. The Bertz CT molecular complexity index is 1020. The van der Waals surface area contributed by atoms with Gasteiger partial charge < -0.3 is 19.4 Å². The molecule has 1 saturated heterocycles. The molecule has 3 aromatic heterocycles. The predicted molar refractivity (Wildman–Crippen MR) is 97.6 cm³/mol. The lowest BCUT2D eigenvalue weighted by Crippen LogP contribution is -2.28. The highest BCUT2D eigenvalue weighted by Crippen LogP contribution is 2.50. The van der Waals surface area contributed by atoms with E-state index in [1.165, 1.54) is 0 Å². The number of aromatic nitrogens is 4. The highest BCUT2D eigenvalue weighted by Gasteiger charge is 2.49. The number of nitrogens with one attached hydrogen (secondary N) is 1. The van der Waals surface area contributed by atoms with Gasteiger partial charge in [0.05, 0.1) is 18.1 Å². The largest absolute Gasteiger partial charge is 0.394 e. The third-order valence-corrected chi connectivity index (χ3v) is 5.81. The first-order chi connectivity index (χ1) is 11.8. The molecule has 4 heterocycles. The maximum absolute atomic E-state index is 9.67. The fraction of sp³-hybridized carbons (Fsp3) is 0.474. The molecule has 3 atom stereocenters. The zero-order chi connectivity index (χ0) is 17.9. The Morgan fingerprint density at radius 3 is 2.84 bits per heavy atom. The number of rotatable bonds is 2. The summed E-state index contributed by atoms with van der Waals surface area (Å²) in [5, 5.41) is 12.5. The quantitative estimate of drug-likeness (QED) is 0.751. The second-order valence-electron chi connectivity index (χ2n) is 7.67. The van der Waals surface area contributed by atoms with E-state index in [2.05, 4.69) is 60.0 Å². The molecule has 25 heavy (non-hydrogen) atoms. The van der Waals surface area contributed by atoms with E-state index in [-0.39, 0.29) is 30.3 Å². The van der Waals surface area contributed by atoms with E-state index in [1.54, 1.807) is 6.33 Å². The molecule has 6 heteroatoms. The second-order valence-corrected chi connectivity index (χ2v) is 7.67. The van der Waals surface area contributed by atoms with Crippen LogP contribution in [0.25, 0.3) is 28.6 Å². The first-order valence-electron chi connectivity index (χ1n) is 8.61. The van der Waals surface area contributed by atoms with Crippen LogP contribution in [-0.4, -0.2) is 37.3 Å². The Hall–Kier alpha value is -2.18. The molecule has 0 bridgehead atoms. The summed E-state index contributed by atoms with van der Waals surface area (Å²) < 4.78 is 8.33. The van der Waals surface area contributed by atoms with Crippen molar-refractivity contribution in [1.29, 1.82) is 0 Å². The first kappa shape index (κ1) is 16.3.